The molecule has 116 valence electrons. The number of benzene rings is 1. The van der Waals surface area contributed by atoms with Gasteiger partial charge in [-0.1, -0.05) is 25.1 Å². The van der Waals surface area contributed by atoms with E-state index in [1.807, 2.05) is 24.3 Å². The Labute approximate surface area is 127 Å². The molecule has 0 unspecified atom stereocenters. The average molecular weight is 290 g/mol. The quantitative estimate of drug-likeness (QED) is 0.875. The molecule has 0 bridgehead atoms. The summed E-state index contributed by atoms with van der Waals surface area (Å²) in [4.78, 5) is 12.6. The number of carbonyl (C=O) groups is 1. The van der Waals surface area contributed by atoms with Crippen LogP contribution >= 0.6 is 0 Å². The first kappa shape index (κ1) is 15.8. The number of nitrogens with one attached hydrogen (secondary N) is 1. The van der Waals surface area contributed by atoms with Gasteiger partial charge >= 0.3 is 0 Å². The van der Waals surface area contributed by atoms with Crippen LogP contribution in [0, 0.1) is 11.3 Å². The van der Waals surface area contributed by atoms with Gasteiger partial charge in [0.25, 0.3) is 0 Å². The average Bonchev–Trinajstić information content (AvgIpc) is 2.54. The molecular formula is C17H26N2O2. The molecule has 1 aromatic rings. The predicted molar refractivity (Wildman–Crippen MR) is 84.0 cm³/mol. The van der Waals surface area contributed by atoms with Crippen molar-refractivity contribution in [1.29, 1.82) is 0 Å². The van der Waals surface area contributed by atoms with Gasteiger partial charge in [0.2, 0.25) is 5.91 Å². The Morgan fingerprint density at radius 1 is 1.38 bits per heavy atom. The van der Waals surface area contributed by atoms with E-state index < -0.39 is 0 Å². The normalized spacial score (nSPS) is 25.4. The summed E-state index contributed by atoms with van der Waals surface area (Å²) in [7, 11) is 1.64. The second-order valence-electron chi connectivity index (χ2n) is 6.16. The maximum atomic E-state index is 12.6. The summed E-state index contributed by atoms with van der Waals surface area (Å²) >= 11 is 0. The summed E-state index contributed by atoms with van der Waals surface area (Å²) < 4.78 is 5.31. The summed E-state index contributed by atoms with van der Waals surface area (Å²) in [5.41, 5.74) is 6.53. The summed E-state index contributed by atoms with van der Waals surface area (Å²) in [6.07, 6.45) is 3.95. The van der Waals surface area contributed by atoms with E-state index >= 15 is 0 Å². The van der Waals surface area contributed by atoms with Gasteiger partial charge in [-0.05, 0) is 37.7 Å². The molecular weight excluding hydrogens is 264 g/mol. The van der Waals surface area contributed by atoms with Crippen molar-refractivity contribution >= 4 is 5.91 Å². The standard InChI is InChI=1S/C17H26N2O2/c1-13-7-9-17(12-18,10-8-13)16(20)19-11-14-5-3-4-6-15(14)21-2/h3-6,13H,7-12,18H2,1-2H3,(H,19,20). The minimum absolute atomic E-state index is 0.0859. The molecule has 1 fully saturated rings. The third-order valence-electron chi connectivity index (χ3n) is 4.74. The third-order valence-corrected chi connectivity index (χ3v) is 4.74. The zero-order valence-corrected chi connectivity index (χ0v) is 13.0. The highest BCUT2D eigenvalue weighted by atomic mass is 16.5. The van der Waals surface area contributed by atoms with Crippen LogP contribution in [0.4, 0.5) is 0 Å². The van der Waals surface area contributed by atoms with Crippen LogP contribution in [0.25, 0.3) is 0 Å². The van der Waals surface area contributed by atoms with Crippen molar-refractivity contribution in [3.05, 3.63) is 29.8 Å². The number of carbonyl (C=O) groups excluding carboxylic acids is 1. The second-order valence-corrected chi connectivity index (χ2v) is 6.16. The van der Waals surface area contributed by atoms with Crippen LogP contribution in [0.5, 0.6) is 5.75 Å². The molecule has 1 amide bonds. The van der Waals surface area contributed by atoms with Crippen LogP contribution in [-0.2, 0) is 11.3 Å². The number of amides is 1. The Morgan fingerprint density at radius 3 is 2.67 bits per heavy atom. The molecule has 3 N–H and O–H groups in total. The van der Waals surface area contributed by atoms with E-state index in [-0.39, 0.29) is 11.3 Å². The van der Waals surface area contributed by atoms with Crippen molar-refractivity contribution in [2.75, 3.05) is 13.7 Å². The molecule has 0 aromatic heterocycles. The molecule has 0 heterocycles. The maximum absolute atomic E-state index is 12.6. The van der Waals surface area contributed by atoms with Gasteiger partial charge in [-0.3, -0.25) is 4.79 Å². The fourth-order valence-electron chi connectivity index (χ4n) is 3.05. The fourth-order valence-corrected chi connectivity index (χ4v) is 3.05. The Bertz CT molecular complexity index is 479. The fraction of sp³-hybridized carbons (Fsp3) is 0.588. The topological polar surface area (TPSA) is 64.3 Å². The van der Waals surface area contributed by atoms with Gasteiger partial charge in [-0.2, -0.15) is 0 Å². The first-order chi connectivity index (χ1) is 10.1. The lowest BCUT2D eigenvalue weighted by atomic mass is 9.70. The molecule has 1 aliphatic rings. The number of para-hydroxylation sites is 1. The van der Waals surface area contributed by atoms with Gasteiger partial charge in [-0.25, -0.2) is 0 Å². The van der Waals surface area contributed by atoms with Gasteiger partial charge in [0.1, 0.15) is 5.75 Å². The highest BCUT2D eigenvalue weighted by molar-refractivity contribution is 5.83. The molecule has 0 aliphatic heterocycles. The smallest absolute Gasteiger partial charge is 0.227 e. The SMILES string of the molecule is COc1ccccc1CNC(=O)C1(CN)CCC(C)CC1. The molecule has 1 aromatic carbocycles. The van der Waals surface area contributed by atoms with E-state index in [9.17, 15) is 4.79 Å². The highest BCUT2D eigenvalue weighted by Crippen LogP contribution is 2.38. The van der Waals surface area contributed by atoms with E-state index in [1.54, 1.807) is 7.11 Å². The molecule has 0 radical (unpaired) electrons. The first-order valence-electron chi connectivity index (χ1n) is 7.71. The zero-order chi connectivity index (χ0) is 15.3. The van der Waals surface area contributed by atoms with E-state index in [4.69, 9.17) is 10.5 Å². The van der Waals surface area contributed by atoms with Gasteiger partial charge in [0.15, 0.2) is 0 Å². The summed E-state index contributed by atoms with van der Waals surface area (Å²) in [6, 6.07) is 7.75. The van der Waals surface area contributed by atoms with Gasteiger partial charge in [0, 0.05) is 18.7 Å². The molecule has 4 nitrogen and oxygen atoms in total. The van der Waals surface area contributed by atoms with Crippen LogP contribution in [0.3, 0.4) is 0 Å². The van der Waals surface area contributed by atoms with Crippen molar-refractivity contribution in [2.45, 2.75) is 39.2 Å². The van der Waals surface area contributed by atoms with Gasteiger partial charge in [-0.15, -0.1) is 0 Å². The summed E-state index contributed by atoms with van der Waals surface area (Å²) in [6.45, 7) is 3.16. The minimum atomic E-state index is -0.380. The van der Waals surface area contributed by atoms with E-state index in [2.05, 4.69) is 12.2 Å². The van der Waals surface area contributed by atoms with Crippen LogP contribution < -0.4 is 15.8 Å². The van der Waals surface area contributed by atoms with Crippen molar-refractivity contribution < 1.29 is 9.53 Å². The molecule has 21 heavy (non-hydrogen) atoms. The third kappa shape index (κ3) is 3.56. The molecule has 4 heteroatoms. The van der Waals surface area contributed by atoms with Crippen molar-refractivity contribution in [3.8, 4) is 5.75 Å². The van der Waals surface area contributed by atoms with E-state index in [0.29, 0.717) is 19.0 Å². The minimum Gasteiger partial charge on any atom is -0.496 e. The van der Waals surface area contributed by atoms with Crippen LogP contribution in [0.15, 0.2) is 24.3 Å². The molecule has 1 saturated carbocycles. The lowest BCUT2D eigenvalue weighted by molar-refractivity contribution is -0.133. The Morgan fingerprint density at radius 2 is 2.05 bits per heavy atom. The van der Waals surface area contributed by atoms with Crippen molar-refractivity contribution in [3.63, 3.8) is 0 Å². The summed E-state index contributed by atoms with van der Waals surface area (Å²) in [5.74, 6) is 1.59. The molecule has 1 aliphatic carbocycles. The van der Waals surface area contributed by atoms with Crippen LogP contribution in [0.1, 0.15) is 38.2 Å². The van der Waals surface area contributed by atoms with Gasteiger partial charge in [0.05, 0.1) is 12.5 Å². The first-order valence-corrected chi connectivity index (χ1v) is 7.71. The lowest BCUT2D eigenvalue weighted by Gasteiger charge is -2.37. The largest absolute Gasteiger partial charge is 0.496 e. The van der Waals surface area contributed by atoms with Crippen LogP contribution in [0.2, 0.25) is 0 Å². The Kier molecular flexibility index (Phi) is 5.23. The summed E-state index contributed by atoms with van der Waals surface area (Å²) in [5, 5.41) is 3.05. The number of nitrogens with two attached hydrogens (primary N) is 1. The predicted octanol–water partition coefficient (Wildman–Crippen LogP) is 2.47. The molecule has 0 spiro atoms. The highest BCUT2D eigenvalue weighted by Gasteiger charge is 2.39. The lowest BCUT2D eigenvalue weighted by Crippen LogP contribution is -2.47. The molecule has 0 atom stereocenters. The van der Waals surface area contributed by atoms with Crippen molar-refractivity contribution in [2.24, 2.45) is 17.1 Å². The van der Waals surface area contributed by atoms with E-state index in [1.165, 1.54) is 0 Å². The second kappa shape index (κ2) is 6.94. The van der Waals surface area contributed by atoms with Crippen molar-refractivity contribution in [1.82, 2.24) is 5.32 Å². The monoisotopic (exact) mass is 290 g/mol. The van der Waals surface area contributed by atoms with Gasteiger partial charge < -0.3 is 15.8 Å². The zero-order valence-electron chi connectivity index (χ0n) is 13.0. The maximum Gasteiger partial charge on any atom is 0.227 e. The number of methoxy groups -OCH3 is 1. The number of hydrogen-bond donors (Lipinski definition) is 2. The molecule has 2 rings (SSSR count). The molecule has 0 saturated heterocycles. The van der Waals surface area contributed by atoms with Crippen LogP contribution in [-0.4, -0.2) is 19.6 Å². The van der Waals surface area contributed by atoms with E-state index in [0.717, 1.165) is 37.0 Å². The number of hydrogen-bond acceptors (Lipinski definition) is 3. The number of rotatable bonds is 5. The Hall–Kier alpha value is -1.55. The Balaban J connectivity index is 2.00. The number of ether oxygens (including phenoxy) is 1.